The average Bonchev–Trinajstić information content (AvgIpc) is 3.29. The molecule has 3 amide bonds. The molecule has 0 saturated carbocycles. The summed E-state index contributed by atoms with van der Waals surface area (Å²) in [6.07, 6.45) is 0.799. The third-order valence-corrected chi connectivity index (χ3v) is 6.63. The normalized spacial score (nSPS) is 20.4. The third-order valence-electron chi connectivity index (χ3n) is 6.63. The molecular formula is C24H31FN6O4. The summed E-state index contributed by atoms with van der Waals surface area (Å²) >= 11 is 0. The van der Waals surface area contributed by atoms with Crippen molar-refractivity contribution in [1.82, 2.24) is 30.2 Å². The van der Waals surface area contributed by atoms with Crippen LogP contribution in [0.3, 0.4) is 0 Å². The van der Waals surface area contributed by atoms with Crippen molar-refractivity contribution in [3.05, 3.63) is 53.1 Å². The molecule has 188 valence electrons. The van der Waals surface area contributed by atoms with Gasteiger partial charge in [-0.1, -0.05) is 12.1 Å². The molecule has 1 aromatic heterocycles. The molecule has 2 N–H and O–H groups in total. The first-order valence-corrected chi connectivity index (χ1v) is 11.7. The summed E-state index contributed by atoms with van der Waals surface area (Å²) in [5, 5.41) is 9.99. The average molecular weight is 487 g/mol. The summed E-state index contributed by atoms with van der Waals surface area (Å²) in [6.45, 7) is 6.58. The van der Waals surface area contributed by atoms with E-state index in [1.807, 2.05) is 0 Å². The maximum atomic E-state index is 13.1. The van der Waals surface area contributed by atoms with Gasteiger partial charge < -0.3 is 20.3 Å². The minimum Gasteiger partial charge on any atom is -0.379 e. The van der Waals surface area contributed by atoms with Crippen LogP contribution < -0.4 is 10.6 Å². The molecule has 0 spiro atoms. The van der Waals surface area contributed by atoms with E-state index in [-0.39, 0.29) is 42.1 Å². The summed E-state index contributed by atoms with van der Waals surface area (Å²) < 4.78 is 19.9. The van der Waals surface area contributed by atoms with Gasteiger partial charge in [0.1, 0.15) is 17.1 Å². The maximum Gasteiger partial charge on any atom is 0.272 e. The van der Waals surface area contributed by atoms with Gasteiger partial charge in [-0.3, -0.25) is 24.0 Å². The highest BCUT2D eigenvalue weighted by Crippen LogP contribution is 2.26. The van der Waals surface area contributed by atoms with Crippen LogP contribution in [0.25, 0.3) is 0 Å². The monoisotopic (exact) mass is 486 g/mol. The molecule has 1 atom stereocenters. The molecule has 0 radical (unpaired) electrons. The number of rotatable bonds is 8. The zero-order valence-electron chi connectivity index (χ0n) is 20.1. The number of fused-ring (bicyclic) bond motifs is 1. The summed E-state index contributed by atoms with van der Waals surface area (Å²) in [5.74, 6) is -1.47. The minimum absolute atomic E-state index is 0.101. The number of benzene rings is 1. The van der Waals surface area contributed by atoms with Gasteiger partial charge in [-0.25, -0.2) is 4.39 Å². The summed E-state index contributed by atoms with van der Waals surface area (Å²) in [6, 6.07) is 7.29. The molecule has 1 saturated heterocycles. The Bertz CT molecular complexity index is 1080. The first kappa shape index (κ1) is 24.8. The Morgan fingerprint density at radius 1 is 1.17 bits per heavy atom. The lowest BCUT2D eigenvalue weighted by atomic mass is 9.96. The van der Waals surface area contributed by atoms with E-state index in [1.54, 1.807) is 26.1 Å². The number of aromatic nitrogens is 2. The van der Waals surface area contributed by atoms with Crippen LogP contribution in [0.1, 0.15) is 39.9 Å². The number of nitrogens with one attached hydrogen (secondary N) is 2. The third kappa shape index (κ3) is 5.51. The molecule has 0 aliphatic carbocycles. The molecule has 2 aromatic rings. The molecular weight excluding hydrogens is 455 g/mol. The van der Waals surface area contributed by atoms with Crippen molar-refractivity contribution in [2.24, 2.45) is 0 Å². The van der Waals surface area contributed by atoms with Gasteiger partial charge in [0.05, 0.1) is 19.8 Å². The topological polar surface area (TPSA) is 109 Å². The van der Waals surface area contributed by atoms with Crippen molar-refractivity contribution < 1.29 is 23.5 Å². The second-order valence-electron chi connectivity index (χ2n) is 9.08. The van der Waals surface area contributed by atoms with Gasteiger partial charge in [-0.2, -0.15) is 5.10 Å². The van der Waals surface area contributed by atoms with Gasteiger partial charge in [0.25, 0.3) is 11.8 Å². The number of amides is 3. The number of carbonyl (C=O) groups is 3. The number of morpholine rings is 1. The van der Waals surface area contributed by atoms with Gasteiger partial charge in [0.2, 0.25) is 5.91 Å². The van der Waals surface area contributed by atoms with Crippen LogP contribution in [0.4, 0.5) is 4.39 Å². The summed E-state index contributed by atoms with van der Waals surface area (Å²) in [5.41, 5.74) is -0.0680. The van der Waals surface area contributed by atoms with E-state index in [1.165, 1.54) is 27.8 Å². The Hall–Kier alpha value is -3.31. The Morgan fingerprint density at radius 2 is 1.89 bits per heavy atom. The number of hydrogen-bond donors (Lipinski definition) is 2. The van der Waals surface area contributed by atoms with Crippen molar-refractivity contribution >= 4 is 17.7 Å². The molecule has 0 unspecified atom stereocenters. The Labute approximate surface area is 203 Å². The second kappa shape index (κ2) is 10.5. The molecule has 2 aliphatic rings. The van der Waals surface area contributed by atoms with Crippen molar-refractivity contribution in [3.63, 3.8) is 0 Å². The Kier molecular flexibility index (Phi) is 7.46. The van der Waals surface area contributed by atoms with E-state index in [0.717, 1.165) is 44.8 Å². The number of nitrogens with zero attached hydrogens (tertiary/aromatic N) is 4. The number of ether oxygens (including phenoxy) is 1. The van der Waals surface area contributed by atoms with E-state index in [9.17, 15) is 18.8 Å². The van der Waals surface area contributed by atoms with Gasteiger partial charge in [0, 0.05) is 39.3 Å². The van der Waals surface area contributed by atoms with Crippen molar-refractivity contribution in [2.45, 2.75) is 32.0 Å². The SMILES string of the molecule is CN1C(=O)c2cc(C(=O)NCCCN3CCOCC3)nn2C[C@]1(C)C(=O)NCc1ccc(F)cc1. The number of likely N-dealkylation sites (N-methyl/N-ethyl adjacent to an activating group) is 1. The molecule has 3 heterocycles. The summed E-state index contributed by atoms with van der Waals surface area (Å²) in [4.78, 5) is 42.4. The van der Waals surface area contributed by atoms with E-state index in [2.05, 4.69) is 20.6 Å². The van der Waals surface area contributed by atoms with Crippen LogP contribution >= 0.6 is 0 Å². The maximum absolute atomic E-state index is 13.1. The summed E-state index contributed by atoms with van der Waals surface area (Å²) in [7, 11) is 1.56. The molecule has 4 rings (SSSR count). The quantitative estimate of drug-likeness (QED) is 0.530. The predicted molar refractivity (Wildman–Crippen MR) is 125 cm³/mol. The molecule has 10 nitrogen and oxygen atoms in total. The predicted octanol–water partition coefficient (Wildman–Crippen LogP) is 0.635. The fourth-order valence-electron chi connectivity index (χ4n) is 4.23. The van der Waals surface area contributed by atoms with E-state index in [4.69, 9.17) is 4.74 Å². The van der Waals surface area contributed by atoms with Crippen LogP contribution in [0.5, 0.6) is 0 Å². The molecule has 11 heteroatoms. The van der Waals surface area contributed by atoms with Crippen molar-refractivity contribution in [2.75, 3.05) is 46.4 Å². The lowest BCUT2D eigenvalue weighted by Gasteiger charge is -2.40. The Balaban J connectivity index is 1.36. The fraction of sp³-hybridized carbons (Fsp3) is 0.500. The fourth-order valence-corrected chi connectivity index (χ4v) is 4.23. The standard InChI is InChI=1S/C24H31FN6O4/c1-24(23(34)27-15-17-4-6-18(25)7-5-17)16-31-20(22(33)29(24)2)14-19(28-31)21(32)26-8-3-9-30-10-12-35-13-11-30/h4-7,14H,3,8-13,15-16H2,1-2H3,(H,26,32)(H,27,34)/t24-/m1/s1. The largest absolute Gasteiger partial charge is 0.379 e. The lowest BCUT2D eigenvalue weighted by Crippen LogP contribution is -2.62. The highest BCUT2D eigenvalue weighted by molar-refractivity contribution is 6.01. The van der Waals surface area contributed by atoms with Gasteiger partial charge in [-0.05, 0) is 37.6 Å². The molecule has 1 fully saturated rings. The van der Waals surface area contributed by atoms with E-state index >= 15 is 0 Å². The Morgan fingerprint density at radius 3 is 2.60 bits per heavy atom. The number of carbonyl (C=O) groups excluding carboxylic acids is 3. The van der Waals surface area contributed by atoms with Crippen molar-refractivity contribution in [3.8, 4) is 0 Å². The first-order valence-electron chi connectivity index (χ1n) is 11.7. The number of halogens is 1. The van der Waals surface area contributed by atoms with Crippen LogP contribution in [0.15, 0.2) is 30.3 Å². The van der Waals surface area contributed by atoms with Gasteiger partial charge in [0.15, 0.2) is 5.69 Å². The minimum atomic E-state index is -1.21. The highest BCUT2D eigenvalue weighted by atomic mass is 19.1. The zero-order valence-corrected chi connectivity index (χ0v) is 20.1. The molecule has 2 aliphatic heterocycles. The van der Waals surface area contributed by atoms with E-state index in [0.29, 0.717) is 6.54 Å². The van der Waals surface area contributed by atoms with Gasteiger partial charge in [-0.15, -0.1) is 0 Å². The van der Waals surface area contributed by atoms with Crippen molar-refractivity contribution in [1.29, 1.82) is 0 Å². The van der Waals surface area contributed by atoms with Crippen LogP contribution in [-0.2, 0) is 22.6 Å². The number of hydrogen-bond acceptors (Lipinski definition) is 6. The molecule has 1 aromatic carbocycles. The zero-order chi connectivity index (χ0) is 25.0. The van der Waals surface area contributed by atoms with E-state index < -0.39 is 11.4 Å². The van der Waals surface area contributed by atoms with Crippen LogP contribution in [0.2, 0.25) is 0 Å². The van der Waals surface area contributed by atoms with Gasteiger partial charge >= 0.3 is 0 Å². The second-order valence-corrected chi connectivity index (χ2v) is 9.08. The molecule has 0 bridgehead atoms. The lowest BCUT2D eigenvalue weighted by molar-refractivity contribution is -0.132. The molecule has 35 heavy (non-hydrogen) atoms. The van der Waals surface area contributed by atoms with Crippen LogP contribution in [0, 0.1) is 5.82 Å². The van der Waals surface area contributed by atoms with Crippen LogP contribution in [-0.4, -0.2) is 89.3 Å². The highest BCUT2D eigenvalue weighted by Gasteiger charge is 2.46. The first-order chi connectivity index (χ1) is 16.8. The smallest absolute Gasteiger partial charge is 0.272 e.